The van der Waals surface area contributed by atoms with E-state index in [1.807, 2.05) is 30.0 Å². The highest BCUT2D eigenvalue weighted by atomic mass is 19.4. The topological polar surface area (TPSA) is 29.3 Å². The highest BCUT2D eigenvalue weighted by Crippen LogP contribution is 2.35. The lowest BCUT2D eigenvalue weighted by Gasteiger charge is -2.36. The second-order valence-corrected chi connectivity index (χ2v) is 5.50. The molecule has 1 heterocycles. The van der Waals surface area contributed by atoms with Crippen molar-refractivity contribution in [3.63, 3.8) is 0 Å². The van der Waals surface area contributed by atoms with Crippen LogP contribution in [0.3, 0.4) is 0 Å². The Morgan fingerprint density at radius 3 is 2.75 bits per heavy atom. The van der Waals surface area contributed by atoms with E-state index in [1.54, 1.807) is 0 Å². The molecule has 1 aromatic rings. The number of hydrogen-bond acceptors (Lipinski definition) is 2. The van der Waals surface area contributed by atoms with Gasteiger partial charge in [-0.05, 0) is 44.4 Å². The molecule has 0 amide bonds. The summed E-state index contributed by atoms with van der Waals surface area (Å²) in [5.74, 6) is -1.22. The van der Waals surface area contributed by atoms with Crippen LogP contribution in [0, 0.1) is 12.8 Å². The molecule has 1 fully saturated rings. The quantitative estimate of drug-likeness (QED) is 0.924. The molecule has 1 aliphatic rings. The summed E-state index contributed by atoms with van der Waals surface area (Å²) >= 11 is 0. The molecule has 1 aliphatic heterocycles. The van der Waals surface area contributed by atoms with E-state index < -0.39 is 12.1 Å². The molecule has 1 aromatic carbocycles. The van der Waals surface area contributed by atoms with Gasteiger partial charge in [-0.25, -0.2) is 0 Å². The Balaban J connectivity index is 2.22. The summed E-state index contributed by atoms with van der Waals surface area (Å²) in [6.07, 6.45) is -2.58. The molecule has 5 heteroatoms. The highest BCUT2D eigenvalue weighted by Gasteiger charge is 2.42. The van der Waals surface area contributed by atoms with Gasteiger partial charge in [0, 0.05) is 18.8 Å². The summed E-state index contributed by atoms with van der Waals surface area (Å²) in [5, 5.41) is 0. The summed E-state index contributed by atoms with van der Waals surface area (Å²) in [7, 11) is 0. The summed E-state index contributed by atoms with van der Waals surface area (Å²) in [6, 6.07) is 5.91. The molecule has 1 atom stereocenters. The molecule has 0 bridgehead atoms. The monoisotopic (exact) mass is 286 g/mol. The Labute approximate surface area is 117 Å². The normalized spacial score (nSPS) is 20.2. The Morgan fingerprint density at radius 2 is 2.10 bits per heavy atom. The van der Waals surface area contributed by atoms with Crippen LogP contribution in [-0.4, -0.2) is 25.8 Å². The van der Waals surface area contributed by atoms with Crippen LogP contribution in [0.25, 0.3) is 0 Å². The molecule has 0 radical (unpaired) electrons. The van der Waals surface area contributed by atoms with Crippen LogP contribution in [0.4, 0.5) is 18.9 Å². The maximum absolute atomic E-state index is 12.9. The van der Waals surface area contributed by atoms with E-state index in [9.17, 15) is 13.2 Å². The molecule has 0 spiro atoms. The molecule has 2 rings (SSSR count). The van der Waals surface area contributed by atoms with Gasteiger partial charge >= 0.3 is 6.18 Å². The number of aryl methyl sites for hydroxylation is 1. The number of nitrogens with two attached hydrogens (primary N) is 1. The molecular weight excluding hydrogens is 265 g/mol. The summed E-state index contributed by atoms with van der Waals surface area (Å²) in [4.78, 5) is 1.87. The Bertz CT molecular complexity index is 457. The van der Waals surface area contributed by atoms with Crippen LogP contribution in [-0.2, 0) is 6.42 Å². The molecule has 2 N–H and O–H groups in total. The SMILES string of the molecule is Cc1ccc(N2CCCC(C(F)(F)F)C2)c(CCN)c1. The van der Waals surface area contributed by atoms with Crippen molar-refractivity contribution in [1.29, 1.82) is 0 Å². The fourth-order valence-corrected chi connectivity index (χ4v) is 2.84. The zero-order valence-electron chi connectivity index (χ0n) is 11.7. The predicted molar refractivity (Wildman–Crippen MR) is 74.9 cm³/mol. The van der Waals surface area contributed by atoms with Gasteiger partial charge in [0.1, 0.15) is 0 Å². The standard InChI is InChI=1S/C15H21F3N2/c1-11-4-5-14(12(9-11)6-7-19)20-8-2-3-13(10-20)15(16,17)18/h4-5,9,13H,2-3,6-8,10,19H2,1H3. The van der Waals surface area contributed by atoms with Crippen molar-refractivity contribution in [2.45, 2.75) is 32.4 Å². The second-order valence-electron chi connectivity index (χ2n) is 5.50. The lowest BCUT2D eigenvalue weighted by atomic mass is 9.95. The summed E-state index contributed by atoms with van der Waals surface area (Å²) in [5.41, 5.74) is 8.68. The lowest BCUT2D eigenvalue weighted by molar-refractivity contribution is -0.176. The molecular formula is C15H21F3N2. The van der Waals surface area contributed by atoms with Crippen molar-refractivity contribution < 1.29 is 13.2 Å². The van der Waals surface area contributed by atoms with Gasteiger partial charge in [-0.3, -0.25) is 0 Å². The molecule has 1 unspecified atom stereocenters. The largest absolute Gasteiger partial charge is 0.393 e. The van der Waals surface area contributed by atoms with Crippen molar-refractivity contribution in [2.75, 3.05) is 24.5 Å². The first kappa shape index (κ1) is 15.2. The van der Waals surface area contributed by atoms with Crippen LogP contribution in [0.1, 0.15) is 24.0 Å². The first-order valence-corrected chi connectivity index (χ1v) is 7.03. The van der Waals surface area contributed by atoms with E-state index in [2.05, 4.69) is 0 Å². The number of rotatable bonds is 3. The Hall–Kier alpha value is -1.23. The number of piperidine rings is 1. The smallest absolute Gasteiger partial charge is 0.371 e. The number of halogens is 3. The summed E-state index contributed by atoms with van der Waals surface area (Å²) < 4.78 is 38.7. The zero-order valence-corrected chi connectivity index (χ0v) is 11.7. The molecule has 0 aromatic heterocycles. The van der Waals surface area contributed by atoms with Gasteiger partial charge in [-0.1, -0.05) is 17.7 Å². The molecule has 112 valence electrons. The second kappa shape index (κ2) is 6.04. The van der Waals surface area contributed by atoms with Crippen LogP contribution in [0.2, 0.25) is 0 Å². The zero-order chi connectivity index (χ0) is 14.8. The van der Waals surface area contributed by atoms with Gasteiger partial charge in [-0.15, -0.1) is 0 Å². The summed E-state index contributed by atoms with van der Waals surface area (Å²) in [6.45, 7) is 3.24. The number of benzene rings is 1. The van der Waals surface area contributed by atoms with Gasteiger partial charge in [0.2, 0.25) is 0 Å². The van der Waals surface area contributed by atoms with Crippen LogP contribution < -0.4 is 10.6 Å². The van der Waals surface area contributed by atoms with Crippen molar-refractivity contribution in [3.8, 4) is 0 Å². The van der Waals surface area contributed by atoms with Crippen LogP contribution >= 0.6 is 0 Å². The minimum absolute atomic E-state index is 0.0597. The Morgan fingerprint density at radius 1 is 1.35 bits per heavy atom. The fraction of sp³-hybridized carbons (Fsp3) is 0.600. The van der Waals surface area contributed by atoms with Gasteiger partial charge in [0.05, 0.1) is 5.92 Å². The maximum Gasteiger partial charge on any atom is 0.393 e. The first-order valence-electron chi connectivity index (χ1n) is 7.03. The van der Waals surface area contributed by atoms with Gasteiger partial charge in [0.15, 0.2) is 0 Å². The third kappa shape index (κ3) is 3.45. The number of hydrogen-bond donors (Lipinski definition) is 1. The van der Waals surface area contributed by atoms with Gasteiger partial charge in [-0.2, -0.15) is 13.2 Å². The van der Waals surface area contributed by atoms with E-state index in [0.717, 1.165) is 16.8 Å². The van der Waals surface area contributed by atoms with Crippen molar-refractivity contribution in [1.82, 2.24) is 0 Å². The van der Waals surface area contributed by atoms with E-state index in [1.165, 1.54) is 0 Å². The first-order chi connectivity index (χ1) is 9.41. The number of alkyl halides is 3. The molecule has 20 heavy (non-hydrogen) atoms. The Kier molecular flexibility index (Phi) is 4.58. The fourth-order valence-electron chi connectivity index (χ4n) is 2.84. The van der Waals surface area contributed by atoms with Crippen LogP contribution in [0.15, 0.2) is 18.2 Å². The maximum atomic E-state index is 12.9. The third-order valence-corrected chi connectivity index (χ3v) is 3.87. The van der Waals surface area contributed by atoms with E-state index in [4.69, 9.17) is 5.73 Å². The minimum Gasteiger partial charge on any atom is -0.371 e. The molecule has 2 nitrogen and oxygen atoms in total. The average Bonchev–Trinajstić information content (AvgIpc) is 2.38. The molecule has 0 aliphatic carbocycles. The van der Waals surface area contributed by atoms with E-state index >= 15 is 0 Å². The van der Waals surface area contributed by atoms with Crippen molar-refractivity contribution >= 4 is 5.69 Å². The highest BCUT2D eigenvalue weighted by molar-refractivity contribution is 5.55. The number of anilines is 1. The number of nitrogens with zero attached hydrogens (tertiary/aromatic N) is 1. The predicted octanol–water partition coefficient (Wildman–Crippen LogP) is 3.27. The van der Waals surface area contributed by atoms with Gasteiger partial charge < -0.3 is 10.6 Å². The van der Waals surface area contributed by atoms with Crippen LogP contribution in [0.5, 0.6) is 0 Å². The lowest BCUT2D eigenvalue weighted by Crippen LogP contribution is -2.42. The van der Waals surface area contributed by atoms with Crippen molar-refractivity contribution in [3.05, 3.63) is 29.3 Å². The average molecular weight is 286 g/mol. The van der Waals surface area contributed by atoms with E-state index in [-0.39, 0.29) is 13.0 Å². The molecule has 0 saturated carbocycles. The van der Waals surface area contributed by atoms with Gasteiger partial charge in [0.25, 0.3) is 0 Å². The molecule has 1 saturated heterocycles. The van der Waals surface area contributed by atoms with Crippen molar-refractivity contribution in [2.24, 2.45) is 11.7 Å². The van der Waals surface area contributed by atoms with E-state index in [0.29, 0.717) is 25.9 Å². The third-order valence-electron chi connectivity index (χ3n) is 3.87. The minimum atomic E-state index is -4.10.